The molecule has 368 valence electrons. The van der Waals surface area contributed by atoms with Crippen LogP contribution >= 0.6 is 26.1 Å². The lowest BCUT2D eigenvalue weighted by molar-refractivity contribution is -0.671. The average Bonchev–Trinajstić information content (AvgIpc) is 3.49. The van der Waals surface area contributed by atoms with E-state index in [1.165, 1.54) is 76.3 Å². The van der Waals surface area contributed by atoms with E-state index in [2.05, 4.69) is 289 Å². The van der Waals surface area contributed by atoms with Crippen LogP contribution in [0.3, 0.4) is 0 Å². The highest BCUT2D eigenvalue weighted by molar-refractivity contribution is 7.96. The van der Waals surface area contributed by atoms with Gasteiger partial charge in [0, 0.05) is 54.0 Å². The highest BCUT2D eigenvalue weighted by Crippen LogP contribution is 2.57. The second-order valence-electron chi connectivity index (χ2n) is 19.6. The molecular formula is C70H64ClN2P2+3. The third kappa shape index (κ3) is 10.6. The summed E-state index contributed by atoms with van der Waals surface area (Å²) >= 11 is 7.36. The van der Waals surface area contributed by atoms with E-state index in [9.17, 15) is 0 Å². The Balaban J connectivity index is 0.810. The first-order chi connectivity index (χ1) is 37.1. The molecule has 1 aromatic heterocycles. The van der Waals surface area contributed by atoms with E-state index in [1.54, 1.807) is 0 Å². The Labute approximate surface area is 451 Å². The van der Waals surface area contributed by atoms with Gasteiger partial charge in [0.1, 0.15) is 46.4 Å². The van der Waals surface area contributed by atoms with Gasteiger partial charge in [-0.1, -0.05) is 175 Å². The van der Waals surface area contributed by atoms with Crippen LogP contribution < -0.4 is 41.3 Å². The van der Waals surface area contributed by atoms with Crippen molar-refractivity contribution in [1.29, 1.82) is 0 Å². The van der Waals surface area contributed by atoms with Gasteiger partial charge < -0.3 is 4.90 Å². The van der Waals surface area contributed by atoms with Crippen molar-refractivity contribution in [3.63, 3.8) is 0 Å². The second kappa shape index (κ2) is 23.6. The molecule has 0 bridgehead atoms. The number of allylic oxidation sites excluding steroid dienone is 8. The Morgan fingerprint density at radius 2 is 0.960 bits per heavy atom. The first kappa shape index (κ1) is 50.0. The van der Waals surface area contributed by atoms with Gasteiger partial charge in [-0.15, -0.1) is 0 Å². The third-order valence-electron chi connectivity index (χ3n) is 15.3. The van der Waals surface area contributed by atoms with Gasteiger partial charge in [-0.05, 0) is 133 Å². The van der Waals surface area contributed by atoms with Gasteiger partial charge in [0.05, 0.1) is 17.7 Å². The molecule has 0 atom stereocenters. The van der Waals surface area contributed by atoms with Crippen molar-refractivity contribution in [2.45, 2.75) is 38.6 Å². The van der Waals surface area contributed by atoms with Gasteiger partial charge in [-0.25, -0.2) is 0 Å². The van der Waals surface area contributed by atoms with E-state index < -0.39 is 14.5 Å². The summed E-state index contributed by atoms with van der Waals surface area (Å²) in [5.74, 6) is 0. The predicted molar refractivity (Wildman–Crippen MR) is 328 cm³/mol. The Morgan fingerprint density at radius 1 is 0.480 bits per heavy atom. The molecular weight excluding hydrogens is 966 g/mol. The number of pyridine rings is 1. The molecule has 9 aromatic rings. The summed E-state index contributed by atoms with van der Waals surface area (Å²) in [6, 6.07) is 87.4. The number of para-hydroxylation sites is 2. The summed E-state index contributed by atoms with van der Waals surface area (Å²) in [6.45, 7) is 1.86. The fraction of sp³-hybridized carbons (Fsp3) is 0.129. The van der Waals surface area contributed by atoms with Crippen molar-refractivity contribution in [2.24, 2.45) is 0 Å². The van der Waals surface area contributed by atoms with Crippen LogP contribution in [0, 0.1) is 0 Å². The zero-order valence-electron chi connectivity index (χ0n) is 42.6. The zero-order chi connectivity index (χ0) is 50.7. The molecule has 0 saturated heterocycles. The van der Waals surface area contributed by atoms with Gasteiger partial charge >= 0.3 is 0 Å². The monoisotopic (exact) mass is 1030 g/mol. The lowest BCUT2D eigenvalue weighted by Gasteiger charge is -2.31. The fourth-order valence-corrected chi connectivity index (χ4v) is 20.6. The first-order valence-electron chi connectivity index (χ1n) is 26.7. The molecule has 2 aliphatic rings. The minimum atomic E-state index is -1.92. The number of nitrogens with zero attached hydrogens (tertiary/aromatic N) is 2. The SMILES string of the molecule is ClC1=C(/C=C/c2cc[n+](CCC[P+](c3ccccc3)(c3ccccc3)c3ccccc3)c3ccccc23)CCC/C1=C\C=C1/C=CN(CCC[P+](c2ccccc2)(c2ccccc2)c2ccccc2)c2ccccc21. The van der Waals surface area contributed by atoms with Crippen molar-refractivity contribution in [3.8, 4) is 0 Å². The number of hydrogen-bond donors (Lipinski definition) is 0. The maximum absolute atomic E-state index is 7.36. The number of halogens is 1. The fourth-order valence-electron chi connectivity index (χ4n) is 11.6. The molecule has 75 heavy (non-hydrogen) atoms. The predicted octanol–water partition coefficient (Wildman–Crippen LogP) is 14.9. The molecule has 0 N–H and O–H groups in total. The van der Waals surface area contributed by atoms with E-state index in [0.29, 0.717) is 0 Å². The average molecular weight is 1030 g/mol. The summed E-state index contributed by atoms with van der Waals surface area (Å²) in [7, 11) is -3.83. The number of benzene rings is 8. The van der Waals surface area contributed by atoms with Crippen LogP contribution in [0.1, 0.15) is 43.2 Å². The van der Waals surface area contributed by atoms with E-state index in [1.807, 2.05) is 0 Å². The van der Waals surface area contributed by atoms with Crippen LogP contribution in [-0.2, 0) is 6.54 Å². The van der Waals surface area contributed by atoms with Crippen LogP contribution in [0.2, 0.25) is 0 Å². The van der Waals surface area contributed by atoms with Crippen LogP contribution in [0.5, 0.6) is 0 Å². The lowest BCUT2D eigenvalue weighted by Crippen LogP contribution is -2.38. The summed E-state index contributed by atoms with van der Waals surface area (Å²) in [5.41, 5.74) is 8.56. The molecule has 0 spiro atoms. The van der Waals surface area contributed by atoms with Crippen LogP contribution in [0.4, 0.5) is 5.69 Å². The lowest BCUT2D eigenvalue weighted by atomic mass is 9.92. The summed E-state index contributed by atoms with van der Waals surface area (Å²) < 4.78 is 2.45. The Hall–Kier alpha value is -7.18. The Morgan fingerprint density at radius 3 is 1.51 bits per heavy atom. The van der Waals surface area contributed by atoms with E-state index in [0.717, 1.165) is 62.5 Å². The van der Waals surface area contributed by atoms with Crippen LogP contribution in [0.25, 0.3) is 22.6 Å². The molecule has 0 fully saturated rings. The largest absolute Gasteiger partial charge is 0.347 e. The summed E-state index contributed by atoms with van der Waals surface area (Å²) in [4.78, 5) is 2.45. The standard InChI is InChI=1S/C70H64ClN2P2/c71-70-58(46-44-56-48-52-72(68-42-21-19-40-66(56)68)50-24-54-74(60-28-7-1-8-29-60,61-30-9-2-10-31-61)62-32-11-3-12-33-62)26-23-27-59(70)47-45-57-49-53-73(69-43-22-20-41-67(57)69)51-25-55-75(63-34-13-4-14-35-63,64-36-15-5-16-37-64)65-38-17-6-18-39-65/h1-22,28-49,52-53H,23-27,50-51,54-55H2/q+3. The number of anilines is 1. The highest BCUT2D eigenvalue weighted by Gasteiger charge is 2.46. The third-order valence-corrected chi connectivity index (χ3v) is 24.8. The van der Waals surface area contributed by atoms with E-state index in [4.69, 9.17) is 11.6 Å². The number of fused-ring (bicyclic) bond motifs is 2. The molecule has 0 saturated carbocycles. The molecule has 1 aliphatic heterocycles. The van der Waals surface area contributed by atoms with E-state index >= 15 is 0 Å². The van der Waals surface area contributed by atoms with Crippen LogP contribution in [0.15, 0.2) is 289 Å². The molecule has 11 rings (SSSR count). The van der Waals surface area contributed by atoms with Gasteiger partial charge in [0.25, 0.3) is 0 Å². The summed E-state index contributed by atoms with van der Waals surface area (Å²) in [6.07, 6.45) is 23.2. The van der Waals surface area contributed by atoms with Gasteiger partial charge in [-0.2, -0.15) is 4.57 Å². The van der Waals surface area contributed by atoms with Gasteiger partial charge in [0.2, 0.25) is 5.52 Å². The van der Waals surface area contributed by atoms with Crippen molar-refractivity contribution in [1.82, 2.24) is 0 Å². The van der Waals surface area contributed by atoms with Crippen molar-refractivity contribution >= 4 is 86.2 Å². The number of hydrogen-bond acceptors (Lipinski definition) is 1. The van der Waals surface area contributed by atoms with Gasteiger partial charge in [0.15, 0.2) is 12.7 Å². The Kier molecular flexibility index (Phi) is 15.7. The molecule has 0 amide bonds. The molecule has 2 nitrogen and oxygen atoms in total. The van der Waals surface area contributed by atoms with Crippen molar-refractivity contribution in [2.75, 3.05) is 23.8 Å². The zero-order valence-corrected chi connectivity index (χ0v) is 45.1. The van der Waals surface area contributed by atoms with Crippen molar-refractivity contribution < 1.29 is 4.57 Å². The summed E-state index contributed by atoms with van der Waals surface area (Å²) in [5, 5.41) is 10.7. The number of aryl methyl sites for hydroxylation is 1. The van der Waals surface area contributed by atoms with Crippen molar-refractivity contribution in [3.05, 3.63) is 301 Å². The molecule has 0 unspecified atom stereocenters. The number of aromatic nitrogens is 1. The maximum atomic E-state index is 7.36. The van der Waals surface area contributed by atoms with Gasteiger partial charge in [-0.3, -0.25) is 0 Å². The Bertz CT molecular complexity index is 3320. The second-order valence-corrected chi connectivity index (χ2v) is 27.2. The maximum Gasteiger partial charge on any atom is 0.213 e. The van der Waals surface area contributed by atoms with E-state index in [-0.39, 0.29) is 0 Å². The topological polar surface area (TPSA) is 7.12 Å². The quantitative estimate of drug-likeness (QED) is 0.0651. The molecule has 8 aromatic carbocycles. The molecule has 2 heterocycles. The molecule has 5 heteroatoms. The highest BCUT2D eigenvalue weighted by atomic mass is 35.5. The minimum Gasteiger partial charge on any atom is -0.347 e. The smallest absolute Gasteiger partial charge is 0.213 e. The normalized spacial score (nSPS) is 15.0. The molecule has 0 radical (unpaired) electrons. The minimum absolute atomic E-state index is 0.878. The van der Waals surface area contributed by atoms with Crippen LogP contribution in [-0.4, -0.2) is 18.9 Å². The molecule has 1 aliphatic carbocycles. The number of rotatable bonds is 17. The first-order valence-corrected chi connectivity index (χ1v) is 31.0.